The molecular weight excluding hydrogens is 263 g/mol. The van der Waals surface area contributed by atoms with Crippen LogP contribution in [0.2, 0.25) is 0 Å². The molecule has 0 radical (unpaired) electrons. The zero-order valence-electron chi connectivity index (χ0n) is 11.5. The number of carboxylic acid groups (broad SMARTS) is 1. The smallest absolute Gasteiger partial charge is 0.335 e. The van der Waals surface area contributed by atoms with Crippen LogP contribution in [0.25, 0.3) is 0 Å². The highest BCUT2D eigenvalue weighted by atomic mass is 19.1. The lowest BCUT2D eigenvalue weighted by Gasteiger charge is -2.28. The first-order valence-electron chi connectivity index (χ1n) is 6.75. The Bertz CT molecular complexity index is 475. The third-order valence-corrected chi connectivity index (χ3v) is 3.60. The van der Waals surface area contributed by atoms with Gasteiger partial charge in [-0.15, -0.1) is 0 Å². The Balaban J connectivity index is 1.95. The monoisotopic (exact) mass is 282 g/mol. The molecule has 1 N–H and O–H groups in total. The third kappa shape index (κ3) is 4.02. The fourth-order valence-electron chi connectivity index (χ4n) is 2.54. The molecule has 2 atom stereocenters. The van der Waals surface area contributed by atoms with Gasteiger partial charge in [0.15, 0.2) is 0 Å². The van der Waals surface area contributed by atoms with Crippen molar-refractivity contribution < 1.29 is 23.8 Å². The van der Waals surface area contributed by atoms with Gasteiger partial charge in [0.05, 0.1) is 24.4 Å². The lowest BCUT2D eigenvalue weighted by Crippen LogP contribution is -2.27. The predicted octanol–water partition coefficient (Wildman–Crippen LogP) is 3.00. The van der Waals surface area contributed by atoms with Crippen molar-refractivity contribution in [3.63, 3.8) is 0 Å². The summed E-state index contributed by atoms with van der Waals surface area (Å²) in [7, 11) is 1.69. The maximum absolute atomic E-state index is 13.3. The van der Waals surface area contributed by atoms with Crippen LogP contribution in [0.4, 0.5) is 4.39 Å². The average molecular weight is 282 g/mol. The van der Waals surface area contributed by atoms with Gasteiger partial charge < -0.3 is 14.6 Å². The Morgan fingerprint density at radius 2 is 2.10 bits per heavy atom. The molecule has 1 aliphatic carbocycles. The van der Waals surface area contributed by atoms with E-state index in [9.17, 15) is 9.18 Å². The molecule has 0 heterocycles. The Morgan fingerprint density at radius 1 is 1.35 bits per heavy atom. The van der Waals surface area contributed by atoms with E-state index >= 15 is 0 Å². The first-order chi connectivity index (χ1) is 9.58. The molecule has 1 fully saturated rings. The zero-order chi connectivity index (χ0) is 14.5. The van der Waals surface area contributed by atoms with E-state index in [1.54, 1.807) is 7.11 Å². The number of hydrogen-bond donors (Lipinski definition) is 1. The molecule has 2 rings (SSSR count). The standard InChI is InChI=1S/C15H19FO4/c1-19-13-3-2-4-14(8-13)20-9-10-5-11(15(17)18)7-12(16)6-10/h5-7,13-14H,2-4,8-9H2,1H3,(H,17,18). The van der Waals surface area contributed by atoms with E-state index in [2.05, 4.69) is 0 Å². The highest BCUT2D eigenvalue weighted by Crippen LogP contribution is 2.24. The normalized spacial score (nSPS) is 22.7. The lowest BCUT2D eigenvalue weighted by atomic mass is 9.95. The fourth-order valence-corrected chi connectivity index (χ4v) is 2.54. The summed E-state index contributed by atoms with van der Waals surface area (Å²) in [5, 5.41) is 8.89. The van der Waals surface area contributed by atoms with Crippen molar-refractivity contribution in [1.82, 2.24) is 0 Å². The molecule has 1 aromatic carbocycles. The molecule has 20 heavy (non-hydrogen) atoms. The minimum Gasteiger partial charge on any atom is -0.478 e. The number of aromatic carboxylic acids is 1. The summed E-state index contributed by atoms with van der Waals surface area (Å²) >= 11 is 0. The van der Waals surface area contributed by atoms with Crippen LogP contribution in [0.1, 0.15) is 41.6 Å². The number of benzene rings is 1. The van der Waals surface area contributed by atoms with Crippen LogP contribution in [-0.4, -0.2) is 30.4 Å². The highest BCUT2D eigenvalue weighted by Gasteiger charge is 2.22. The Morgan fingerprint density at radius 3 is 2.80 bits per heavy atom. The van der Waals surface area contributed by atoms with Gasteiger partial charge in [-0.05, 0) is 49.4 Å². The second kappa shape index (κ2) is 6.81. The van der Waals surface area contributed by atoms with Gasteiger partial charge >= 0.3 is 5.97 Å². The van der Waals surface area contributed by atoms with Crippen LogP contribution in [0, 0.1) is 5.82 Å². The molecule has 1 aliphatic rings. The molecule has 0 saturated heterocycles. The molecule has 2 unspecified atom stereocenters. The molecule has 1 saturated carbocycles. The summed E-state index contributed by atoms with van der Waals surface area (Å²) in [5.41, 5.74) is 0.490. The first-order valence-corrected chi connectivity index (χ1v) is 6.75. The number of methoxy groups -OCH3 is 1. The maximum Gasteiger partial charge on any atom is 0.335 e. The van der Waals surface area contributed by atoms with Gasteiger partial charge in [0.25, 0.3) is 0 Å². The lowest BCUT2D eigenvalue weighted by molar-refractivity contribution is -0.0364. The van der Waals surface area contributed by atoms with E-state index in [0.29, 0.717) is 5.56 Å². The van der Waals surface area contributed by atoms with E-state index in [0.717, 1.165) is 31.7 Å². The van der Waals surface area contributed by atoms with Crippen molar-refractivity contribution in [3.05, 3.63) is 35.1 Å². The van der Waals surface area contributed by atoms with Crippen LogP contribution in [0.15, 0.2) is 18.2 Å². The number of hydrogen-bond acceptors (Lipinski definition) is 3. The van der Waals surface area contributed by atoms with Gasteiger partial charge in [-0.2, -0.15) is 0 Å². The second-order valence-corrected chi connectivity index (χ2v) is 5.11. The summed E-state index contributed by atoms with van der Waals surface area (Å²) in [6.07, 6.45) is 4.19. The highest BCUT2D eigenvalue weighted by molar-refractivity contribution is 5.87. The van der Waals surface area contributed by atoms with Gasteiger partial charge in [0, 0.05) is 7.11 Å². The molecule has 0 aromatic heterocycles. The topological polar surface area (TPSA) is 55.8 Å². The molecule has 5 heteroatoms. The largest absolute Gasteiger partial charge is 0.478 e. The van der Waals surface area contributed by atoms with Crippen molar-refractivity contribution in [1.29, 1.82) is 0 Å². The number of halogens is 1. The zero-order valence-corrected chi connectivity index (χ0v) is 11.5. The Hall–Kier alpha value is -1.46. The first kappa shape index (κ1) is 14.9. The number of carboxylic acids is 1. The van der Waals surface area contributed by atoms with Crippen molar-refractivity contribution >= 4 is 5.97 Å². The molecule has 0 bridgehead atoms. The van der Waals surface area contributed by atoms with E-state index < -0.39 is 11.8 Å². The van der Waals surface area contributed by atoms with Gasteiger partial charge in [-0.3, -0.25) is 0 Å². The second-order valence-electron chi connectivity index (χ2n) is 5.11. The maximum atomic E-state index is 13.3. The van der Waals surface area contributed by atoms with Crippen molar-refractivity contribution in [2.24, 2.45) is 0 Å². The summed E-state index contributed by atoms with van der Waals surface area (Å²) in [5.74, 6) is -1.69. The number of ether oxygens (including phenoxy) is 2. The summed E-state index contributed by atoms with van der Waals surface area (Å²) < 4.78 is 24.4. The van der Waals surface area contributed by atoms with Crippen LogP contribution >= 0.6 is 0 Å². The Labute approximate surface area is 117 Å². The molecule has 0 amide bonds. The molecule has 110 valence electrons. The van der Waals surface area contributed by atoms with E-state index in [1.165, 1.54) is 12.1 Å². The molecule has 1 aromatic rings. The molecular formula is C15H19FO4. The number of rotatable bonds is 5. The quantitative estimate of drug-likeness (QED) is 0.902. The molecule has 0 aliphatic heterocycles. The Kier molecular flexibility index (Phi) is 5.09. The number of carbonyl (C=O) groups is 1. The van der Waals surface area contributed by atoms with E-state index in [4.69, 9.17) is 14.6 Å². The SMILES string of the molecule is COC1CCCC(OCc2cc(F)cc(C(=O)O)c2)C1. The van der Waals surface area contributed by atoms with E-state index in [-0.39, 0.29) is 24.4 Å². The summed E-state index contributed by atoms with van der Waals surface area (Å²) in [6.45, 7) is 0.221. The minimum atomic E-state index is -1.14. The average Bonchev–Trinajstić information content (AvgIpc) is 2.44. The van der Waals surface area contributed by atoms with Crippen molar-refractivity contribution in [2.75, 3.05) is 7.11 Å². The fraction of sp³-hybridized carbons (Fsp3) is 0.533. The van der Waals surface area contributed by atoms with Crippen molar-refractivity contribution in [3.8, 4) is 0 Å². The van der Waals surface area contributed by atoms with Gasteiger partial charge in [-0.25, -0.2) is 9.18 Å². The minimum absolute atomic E-state index is 0.0537. The van der Waals surface area contributed by atoms with Gasteiger partial charge in [-0.1, -0.05) is 0 Å². The van der Waals surface area contributed by atoms with Crippen LogP contribution in [0.3, 0.4) is 0 Å². The summed E-state index contributed by atoms with van der Waals surface area (Å²) in [6, 6.07) is 3.76. The predicted molar refractivity (Wildman–Crippen MR) is 71.2 cm³/mol. The summed E-state index contributed by atoms with van der Waals surface area (Å²) in [4.78, 5) is 10.9. The van der Waals surface area contributed by atoms with Gasteiger partial charge in [0.2, 0.25) is 0 Å². The molecule has 0 spiro atoms. The van der Waals surface area contributed by atoms with Crippen LogP contribution in [0.5, 0.6) is 0 Å². The third-order valence-electron chi connectivity index (χ3n) is 3.60. The van der Waals surface area contributed by atoms with Gasteiger partial charge in [0.1, 0.15) is 5.82 Å². The van der Waals surface area contributed by atoms with Crippen LogP contribution < -0.4 is 0 Å². The molecule has 4 nitrogen and oxygen atoms in total. The van der Waals surface area contributed by atoms with E-state index in [1.807, 2.05) is 0 Å². The van der Waals surface area contributed by atoms with Crippen LogP contribution in [-0.2, 0) is 16.1 Å². The van der Waals surface area contributed by atoms with Crippen molar-refractivity contribution in [2.45, 2.75) is 44.5 Å².